The van der Waals surface area contributed by atoms with E-state index >= 15 is 0 Å². The van der Waals surface area contributed by atoms with Crippen molar-refractivity contribution < 1.29 is 9.53 Å². The number of Topliss-reactive ketones (excluding diaryl/α,β-unsaturated/α-hetero) is 1. The predicted molar refractivity (Wildman–Crippen MR) is 74.5 cm³/mol. The quantitative estimate of drug-likeness (QED) is 0.742. The van der Waals surface area contributed by atoms with Gasteiger partial charge in [0.25, 0.3) is 0 Å². The zero-order chi connectivity index (χ0) is 13.8. The predicted octanol–water partition coefficient (Wildman–Crippen LogP) is 2.64. The van der Waals surface area contributed by atoms with Crippen LogP contribution in [0.25, 0.3) is 0 Å². The number of hydrogen-bond donors (Lipinski definition) is 0. The van der Waals surface area contributed by atoms with E-state index in [0.29, 0.717) is 12.3 Å². The molecule has 1 atom stereocenters. The molecule has 0 saturated carbocycles. The van der Waals surface area contributed by atoms with Gasteiger partial charge in [0.2, 0.25) is 0 Å². The molecule has 0 radical (unpaired) electrons. The van der Waals surface area contributed by atoms with Crippen LogP contribution in [0.15, 0.2) is 0 Å². The third-order valence-electron chi connectivity index (χ3n) is 3.86. The fourth-order valence-corrected chi connectivity index (χ4v) is 2.78. The van der Waals surface area contributed by atoms with Crippen LogP contribution in [0.5, 0.6) is 0 Å². The van der Waals surface area contributed by atoms with Crippen LogP contribution in [0.3, 0.4) is 0 Å². The molecule has 2 rings (SSSR count). The summed E-state index contributed by atoms with van der Waals surface area (Å²) in [6.45, 7) is 8.65. The second-order valence-electron chi connectivity index (χ2n) is 5.16. The molecule has 0 amide bonds. The van der Waals surface area contributed by atoms with Crippen molar-refractivity contribution in [3.05, 3.63) is 17.0 Å². The molecular formula is C15H24N2O2. The topological polar surface area (TPSA) is 44.1 Å². The molecule has 0 aromatic carbocycles. The zero-order valence-electron chi connectivity index (χ0n) is 12.2. The number of ketones is 1. The monoisotopic (exact) mass is 264 g/mol. The maximum atomic E-state index is 12.1. The van der Waals surface area contributed by atoms with Gasteiger partial charge >= 0.3 is 0 Å². The van der Waals surface area contributed by atoms with Gasteiger partial charge in [-0.1, -0.05) is 20.8 Å². The second-order valence-corrected chi connectivity index (χ2v) is 5.16. The lowest BCUT2D eigenvalue weighted by Gasteiger charge is -2.11. The van der Waals surface area contributed by atoms with Crippen LogP contribution < -0.4 is 0 Å². The Kier molecular flexibility index (Phi) is 4.75. The van der Waals surface area contributed by atoms with Gasteiger partial charge in [-0.3, -0.25) is 9.48 Å². The standard InChI is InChI=1S/C15H24N2O2/c1-4-12-15(14(18)6-3)13(5-2)17(16-12)9-11-7-8-19-10-11/h11H,4-10H2,1-3H3. The summed E-state index contributed by atoms with van der Waals surface area (Å²) < 4.78 is 7.48. The number of hydrogen-bond acceptors (Lipinski definition) is 3. The van der Waals surface area contributed by atoms with Crippen molar-refractivity contribution >= 4 is 5.78 Å². The fraction of sp³-hybridized carbons (Fsp3) is 0.733. The van der Waals surface area contributed by atoms with Crippen molar-refractivity contribution in [1.29, 1.82) is 0 Å². The molecule has 1 unspecified atom stereocenters. The maximum Gasteiger partial charge on any atom is 0.166 e. The van der Waals surface area contributed by atoms with Gasteiger partial charge in [0.05, 0.1) is 17.9 Å². The van der Waals surface area contributed by atoms with E-state index in [9.17, 15) is 4.79 Å². The molecule has 1 aliphatic rings. The SMILES string of the molecule is CCC(=O)c1c(CC)nn(CC2CCOC2)c1CC. The Bertz CT molecular complexity index is 445. The van der Waals surface area contributed by atoms with Gasteiger partial charge in [-0.05, 0) is 19.3 Å². The maximum absolute atomic E-state index is 12.1. The summed E-state index contributed by atoms with van der Waals surface area (Å²) in [4.78, 5) is 12.1. The van der Waals surface area contributed by atoms with Crippen LogP contribution in [0.4, 0.5) is 0 Å². The van der Waals surface area contributed by atoms with E-state index in [-0.39, 0.29) is 5.78 Å². The molecule has 1 aromatic heterocycles. The van der Waals surface area contributed by atoms with E-state index in [1.165, 1.54) is 0 Å². The van der Waals surface area contributed by atoms with Gasteiger partial charge in [0.15, 0.2) is 5.78 Å². The number of carbonyl (C=O) groups excluding carboxylic acids is 1. The molecule has 4 heteroatoms. The minimum Gasteiger partial charge on any atom is -0.381 e. The van der Waals surface area contributed by atoms with Crippen molar-refractivity contribution in [1.82, 2.24) is 9.78 Å². The average molecular weight is 264 g/mol. The number of aryl methyl sites for hydroxylation is 1. The highest BCUT2D eigenvalue weighted by molar-refractivity contribution is 5.98. The molecule has 0 aliphatic carbocycles. The first-order chi connectivity index (χ1) is 9.21. The van der Waals surface area contributed by atoms with Crippen LogP contribution in [-0.4, -0.2) is 28.8 Å². The smallest absolute Gasteiger partial charge is 0.166 e. The van der Waals surface area contributed by atoms with E-state index in [1.807, 2.05) is 6.92 Å². The summed E-state index contributed by atoms with van der Waals surface area (Å²) in [5, 5.41) is 4.67. The highest BCUT2D eigenvalue weighted by Gasteiger charge is 2.23. The first-order valence-corrected chi connectivity index (χ1v) is 7.40. The summed E-state index contributed by atoms with van der Waals surface area (Å²) in [5.74, 6) is 0.766. The lowest BCUT2D eigenvalue weighted by molar-refractivity contribution is 0.0986. The Balaban J connectivity index is 2.31. The Morgan fingerprint density at radius 1 is 1.37 bits per heavy atom. The van der Waals surface area contributed by atoms with Crippen LogP contribution in [0.1, 0.15) is 55.4 Å². The summed E-state index contributed by atoms with van der Waals surface area (Å²) in [7, 11) is 0. The van der Waals surface area contributed by atoms with E-state index in [1.54, 1.807) is 0 Å². The van der Waals surface area contributed by atoms with E-state index in [0.717, 1.165) is 56.0 Å². The number of nitrogens with zero attached hydrogens (tertiary/aromatic N) is 2. The molecule has 0 bridgehead atoms. The van der Waals surface area contributed by atoms with E-state index in [2.05, 4.69) is 23.6 Å². The molecule has 1 aromatic rings. The lowest BCUT2D eigenvalue weighted by Crippen LogP contribution is -2.15. The zero-order valence-corrected chi connectivity index (χ0v) is 12.2. The van der Waals surface area contributed by atoms with Crippen molar-refractivity contribution in [2.75, 3.05) is 13.2 Å². The van der Waals surface area contributed by atoms with Crippen LogP contribution >= 0.6 is 0 Å². The number of aromatic nitrogens is 2. The Morgan fingerprint density at radius 2 is 2.16 bits per heavy atom. The molecule has 1 fully saturated rings. The first kappa shape index (κ1) is 14.3. The summed E-state index contributed by atoms with van der Waals surface area (Å²) in [6.07, 6.45) is 3.34. The number of rotatable bonds is 6. The largest absolute Gasteiger partial charge is 0.381 e. The fourth-order valence-electron chi connectivity index (χ4n) is 2.78. The van der Waals surface area contributed by atoms with Crippen molar-refractivity contribution in [2.45, 2.75) is 53.0 Å². The first-order valence-electron chi connectivity index (χ1n) is 7.40. The van der Waals surface area contributed by atoms with E-state index < -0.39 is 0 Å². The minimum absolute atomic E-state index is 0.225. The summed E-state index contributed by atoms with van der Waals surface area (Å²) in [5.41, 5.74) is 2.95. The van der Waals surface area contributed by atoms with Crippen molar-refractivity contribution in [3.8, 4) is 0 Å². The van der Waals surface area contributed by atoms with E-state index in [4.69, 9.17) is 4.74 Å². The Hall–Kier alpha value is -1.16. The van der Waals surface area contributed by atoms with Gasteiger partial charge in [0, 0.05) is 31.2 Å². The third-order valence-corrected chi connectivity index (χ3v) is 3.86. The highest BCUT2D eigenvalue weighted by atomic mass is 16.5. The lowest BCUT2D eigenvalue weighted by atomic mass is 10.0. The highest BCUT2D eigenvalue weighted by Crippen LogP contribution is 2.22. The number of ether oxygens (including phenoxy) is 1. The van der Waals surface area contributed by atoms with Crippen LogP contribution in [0.2, 0.25) is 0 Å². The molecule has 106 valence electrons. The third kappa shape index (κ3) is 2.89. The van der Waals surface area contributed by atoms with Gasteiger partial charge in [-0.2, -0.15) is 5.10 Å². The molecule has 19 heavy (non-hydrogen) atoms. The molecule has 1 saturated heterocycles. The van der Waals surface area contributed by atoms with Gasteiger partial charge in [-0.25, -0.2) is 0 Å². The normalized spacial score (nSPS) is 19.0. The average Bonchev–Trinajstić information content (AvgIpc) is 3.05. The summed E-state index contributed by atoms with van der Waals surface area (Å²) in [6, 6.07) is 0. The van der Waals surface area contributed by atoms with Crippen molar-refractivity contribution in [2.24, 2.45) is 5.92 Å². The Labute approximate surface area is 115 Å². The Morgan fingerprint density at radius 3 is 2.68 bits per heavy atom. The molecule has 4 nitrogen and oxygen atoms in total. The summed E-state index contributed by atoms with van der Waals surface area (Å²) >= 11 is 0. The molecule has 0 N–H and O–H groups in total. The van der Waals surface area contributed by atoms with Gasteiger partial charge < -0.3 is 4.74 Å². The van der Waals surface area contributed by atoms with Gasteiger partial charge in [-0.15, -0.1) is 0 Å². The van der Waals surface area contributed by atoms with Crippen LogP contribution in [0, 0.1) is 5.92 Å². The molecule has 1 aliphatic heterocycles. The van der Waals surface area contributed by atoms with Gasteiger partial charge in [0.1, 0.15) is 0 Å². The molecule has 2 heterocycles. The number of carbonyl (C=O) groups is 1. The minimum atomic E-state index is 0.225. The van der Waals surface area contributed by atoms with Crippen molar-refractivity contribution in [3.63, 3.8) is 0 Å². The molecule has 0 spiro atoms. The molecular weight excluding hydrogens is 240 g/mol. The van der Waals surface area contributed by atoms with Crippen LogP contribution in [-0.2, 0) is 24.1 Å². The second kappa shape index (κ2) is 6.33.